The molecule has 10 rings (SSSR count). The molecule has 0 aliphatic carbocycles. The molecule has 9 aromatic rings. The third kappa shape index (κ3) is 5.46. The zero-order valence-corrected chi connectivity index (χ0v) is 32.8. The van der Waals surface area contributed by atoms with Crippen LogP contribution in [-0.4, -0.2) is 16.2 Å². The highest BCUT2D eigenvalue weighted by Crippen LogP contribution is 2.47. The highest BCUT2D eigenvalue weighted by atomic mass is 32.1. The number of rotatable bonds is 5. The first-order valence-electron chi connectivity index (χ1n) is 19.0. The molecular formula is C49H42N4OS. The Kier molecular flexibility index (Phi) is 7.59. The van der Waals surface area contributed by atoms with E-state index in [1.54, 1.807) is 0 Å². The Balaban J connectivity index is 1.08. The van der Waals surface area contributed by atoms with Crippen LogP contribution in [0.1, 0.15) is 43.0 Å². The van der Waals surface area contributed by atoms with Gasteiger partial charge in [0.15, 0.2) is 0 Å². The van der Waals surface area contributed by atoms with Gasteiger partial charge in [-0.05, 0) is 97.5 Å². The van der Waals surface area contributed by atoms with E-state index in [1.807, 2.05) is 23.6 Å². The topological polar surface area (TPSA) is 33.5 Å². The minimum atomic E-state index is -0.0205. The van der Waals surface area contributed by atoms with E-state index in [1.165, 1.54) is 75.8 Å². The second-order valence-corrected chi connectivity index (χ2v) is 17.0. The van der Waals surface area contributed by atoms with E-state index in [0.717, 1.165) is 28.5 Å². The molecule has 0 N–H and O–H groups in total. The molecule has 4 heterocycles. The number of pyridine rings is 1. The van der Waals surface area contributed by atoms with Crippen molar-refractivity contribution in [3.8, 4) is 17.3 Å². The maximum atomic E-state index is 6.77. The Hall–Kier alpha value is -6.11. The lowest BCUT2D eigenvalue weighted by Gasteiger charge is -2.25. The molecule has 0 fully saturated rings. The van der Waals surface area contributed by atoms with Gasteiger partial charge in [0.2, 0.25) is 0 Å². The molecule has 0 unspecified atom stereocenters. The van der Waals surface area contributed by atoms with Crippen LogP contribution in [0, 0.1) is 20.8 Å². The number of hydrogen-bond acceptors (Lipinski definition) is 5. The molecule has 0 atom stereocenters. The Morgan fingerprint density at radius 3 is 2.15 bits per heavy atom. The molecule has 0 bridgehead atoms. The molecule has 270 valence electrons. The Morgan fingerprint density at radius 2 is 1.35 bits per heavy atom. The van der Waals surface area contributed by atoms with Crippen molar-refractivity contribution in [1.29, 1.82) is 0 Å². The minimum Gasteiger partial charge on any atom is -0.457 e. The molecule has 6 heteroatoms. The van der Waals surface area contributed by atoms with Crippen LogP contribution >= 0.6 is 11.3 Å². The van der Waals surface area contributed by atoms with Crippen LogP contribution in [0.4, 0.5) is 22.7 Å². The summed E-state index contributed by atoms with van der Waals surface area (Å²) in [6, 6.07) is 45.9. The fraction of sp³-hybridized carbons (Fsp3) is 0.163. The van der Waals surface area contributed by atoms with Crippen molar-refractivity contribution in [1.82, 2.24) is 9.55 Å². The quantitative estimate of drug-likeness (QED) is 0.176. The molecule has 1 aliphatic heterocycles. The second-order valence-electron chi connectivity index (χ2n) is 15.9. The molecule has 0 spiro atoms. The fourth-order valence-electron chi connectivity index (χ4n) is 8.64. The Morgan fingerprint density at radius 1 is 0.636 bits per heavy atom. The highest BCUT2D eigenvalue weighted by molar-refractivity contribution is 7.26. The zero-order valence-electron chi connectivity index (χ0n) is 32.0. The summed E-state index contributed by atoms with van der Waals surface area (Å²) in [5.41, 5.74) is 12.1. The summed E-state index contributed by atoms with van der Waals surface area (Å²) in [4.78, 5) is 9.83. The average Bonchev–Trinajstić information content (AvgIpc) is 3.84. The van der Waals surface area contributed by atoms with Crippen molar-refractivity contribution in [3.63, 3.8) is 0 Å². The summed E-state index contributed by atoms with van der Waals surface area (Å²) in [6.45, 7) is 14.1. The minimum absolute atomic E-state index is 0.0205. The standard InChI is InChI=1S/C49H42N4OS/c1-30-24-31(2)46(32(3)25-30)52-29-51(41-15-8-9-16-42(41)52)34-12-11-13-35(27-34)54-36-18-19-37-39-20-21-40-38-14-7-10-17-44(38)55-48(40)47(39)53(43(37)28-36)45-26-33(22-23-50-45)49(4,5)6/h7-28H,29H2,1-6H3. The monoisotopic (exact) mass is 734 g/mol. The van der Waals surface area contributed by atoms with E-state index in [2.05, 4.69) is 177 Å². The molecule has 0 amide bonds. The number of benzene rings is 6. The van der Waals surface area contributed by atoms with Crippen molar-refractivity contribution >= 4 is 76.1 Å². The number of anilines is 4. The first-order valence-corrected chi connectivity index (χ1v) is 19.8. The lowest BCUT2D eigenvalue weighted by atomic mass is 9.88. The SMILES string of the molecule is Cc1cc(C)c(N2CN(c3cccc(Oc4ccc5c6ccc7c8ccccc8sc7c6n(-c6cc(C(C)(C)C)ccn6)c5c4)c3)c3ccccc32)c(C)c1. The predicted octanol–water partition coefficient (Wildman–Crippen LogP) is 13.8. The van der Waals surface area contributed by atoms with Crippen molar-refractivity contribution in [2.75, 3.05) is 16.5 Å². The molecule has 55 heavy (non-hydrogen) atoms. The number of fused-ring (bicyclic) bond motifs is 8. The van der Waals surface area contributed by atoms with Gasteiger partial charge < -0.3 is 14.5 Å². The van der Waals surface area contributed by atoms with Gasteiger partial charge in [0.1, 0.15) is 24.0 Å². The maximum absolute atomic E-state index is 6.77. The number of hydrogen-bond donors (Lipinski definition) is 0. The summed E-state index contributed by atoms with van der Waals surface area (Å²) >= 11 is 1.85. The van der Waals surface area contributed by atoms with Crippen molar-refractivity contribution in [3.05, 3.63) is 156 Å². The number of para-hydroxylation sites is 2. The molecule has 0 saturated carbocycles. The van der Waals surface area contributed by atoms with Crippen LogP contribution in [0.25, 0.3) is 47.8 Å². The van der Waals surface area contributed by atoms with Gasteiger partial charge in [0, 0.05) is 55.9 Å². The molecule has 5 nitrogen and oxygen atoms in total. The van der Waals surface area contributed by atoms with Gasteiger partial charge in [0.05, 0.1) is 27.1 Å². The lowest BCUT2D eigenvalue weighted by molar-refractivity contribution is 0.483. The number of nitrogens with zero attached hydrogens (tertiary/aromatic N) is 4. The van der Waals surface area contributed by atoms with Gasteiger partial charge in [-0.3, -0.25) is 4.57 Å². The van der Waals surface area contributed by atoms with Gasteiger partial charge >= 0.3 is 0 Å². The first-order chi connectivity index (χ1) is 26.6. The third-order valence-corrected chi connectivity index (χ3v) is 12.3. The van der Waals surface area contributed by atoms with Gasteiger partial charge in [-0.1, -0.05) is 87.0 Å². The van der Waals surface area contributed by atoms with Crippen molar-refractivity contribution in [2.24, 2.45) is 0 Å². The molecule has 0 radical (unpaired) electrons. The molecule has 1 aliphatic rings. The van der Waals surface area contributed by atoms with Gasteiger partial charge in [-0.15, -0.1) is 11.3 Å². The van der Waals surface area contributed by atoms with E-state index >= 15 is 0 Å². The molecular weight excluding hydrogens is 693 g/mol. The molecule has 6 aromatic carbocycles. The van der Waals surface area contributed by atoms with E-state index in [4.69, 9.17) is 9.72 Å². The van der Waals surface area contributed by atoms with E-state index in [9.17, 15) is 0 Å². The van der Waals surface area contributed by atoms with Crippen LogP contribution in [-0.2, 0) is 5.41 Å². The maximum Gasteiger partial charge on any atom is 0.137 e. The van der Waals surface area contributed by atoms with Gasteiger partial charge in [-0.25, -0.2) is 4.98 Å². The molecule has 3 aromatic heterocycles. The third-order valence-electron chi connectivity index (χ3n) is 11.1. The highest BCUT2D eigenvalue weighted by Gasteiger charge is 2.30. The number of aryl methyl sites for hydroxylation is 3. The van der Waals surface area contributed by atoms with Crippen LogP contribution in [0.2, 0.25) is 0 Å². The number of thiophene rings is 1. The van der Waals surface area contributed by atoms with E-state index in [0.29, 0.717) is 6.67 Å². The fourth-order valence-corrected chi connectivity index (χ4v) is 9.88. The van der Waals surface area contributed by atoms with Crippen molar-refractivity contribution in [2.45, 2.75) is 47.0 Å². The Labute approximate surface area is 325 Å². The Bertz CT molecular complexity index is 2960. The van der Waals surface area contributed by atoms with Crippen LogP contribution in [0.15, 0.2) is 134 Å². The first kappa shape index (κ1) is 33.5. The summed E-state index contributed by atoms with van der Waals surface area (Å²) in [5, 5.41) is 4.94. The predicted molar refractivity (Wildman–Crippen MR) is 233 cm³/mol. The zero-order chi connectivity index (χ0) is 37.6. The second kappa shape index (κ2) is 12.5. The summed E-state index contributed by atoms with van der Waals surface area (Å²) in [7, 11) is 0. The van der Waals surface area contributed by atoms with Gasteiger partial charge in [0.25, 0.3) is 0 Å². The normalized spacial score (nSPS) is 13.1. The largest absolute Gasteiger partial charge is 0.457 e. The van der Waals surface area contributed by atoms with Crippen LogP contribution in [0.5, 0.6) is 11.5 Å². The summed E-state index contributed by atoms with van der Waals surface area (Å²) < 4.78 is 11.7. The lowest BCUT2D eigenvalue weighted by Crippen LogP contribution is -2.25. The summed E-state index contributed by atoms with van der Waals surface area (Å²) in [6.07, 6.45) is 1.95. The van der Waals surface area contributed by atoms with Crippen molar-refractivity contribution < 1.29 is 4.74 Å². The average molecular weight is 735 g/mol. The van der Waals surface area contributed by atoms with Crippen LogP contribution in [0.3, 0.4) is 0 Å². The van der Waals surface area contributed by atoms with E-state index in [-0.39, 0.29) is 5.41 Å². The van der Waals surface area contributed by atoms with Crippen LogP contribution < -0.4 is 14.5 Å². The summed E-state index contributed by atoms with van der Waals surface area (Å²) in [5.74, 6) is 2.48. The van der Waals surface area contributed by atoms with Gasteiger partial charge in [-0.2, -0.15) is 0 Å². The number of ether oxygens (including phenoxy) is 1. The smallest absolute Gasteiger partial charge is 0.137 e. The molecule has 0 saturated heterocycles. The van der Waals surface area contributed by atoms with E-state index < -0.39 is 0 Å². The number of aromatic nitrogens is 2.